The summed E-state index contributed by atoms with van der Waals surface area (Å²) < 4.78 is 0. The second-order valence-corrected chi connectivity index (χ2v) is 7.21. The first-order chi connectivity index (χ1) is 8.71. The monoisotopic (exact) mass is 250 g/mol. The van der Waals surface area contributed by atoms with E-state index < -0.39 is 0 Å². The van der Waals surface area contributed by atoms with Crippen LogP contribution in [-0.4, -0.2) is 48.6 Å². The molecule has 0 N–H and O–H groups in total. The molecule has 2 saturated heterocycles. The molecular weight excluding hydrogens is 220 g/mol. The fraction of sp³-hybridized carbons (Fsp3) is 1.00. The molecule has 2 nitrogen and oxygen atoms in total. The maximum Gasteiger partial charge on any atom is 0.0106 e. The van der Waals surface area contributed by atoms with Crippen LogP contribution in [0.4, 0.5) is 0 Å². The number of hydrogen-bond acceptors (Lipinski definition) is 2. The van der Waals surface area contributed by atoms with Gasteiger partial charge in [0.25, 0.3) is 0 Å². The zero-order valence-electron chi connectivity index (χ0n) is 12.3. The Hall–Kier alpha value is -0.0800. The minimum absolute atomic E-state index is 0.763. The molecule has 0 aromatic carbocycles. The molecule has 0 amide bonds. The highest BCUT2D eigenvalue weighted by molar-refractivity contribution is 5.01. The third kappa shape index (κ3) is 2.46. The second-order valence-electron chi connectivity index (χ2n) is 7.21. The van der Waals surface area contributed by atoms with E-state index in [1.54, 1.807) is 0 Å². The Morgan fingerprint density at radius 2 is 1.61 bits per heavy atom. The van der Waals surface area contributed by atoms with Gasteiger partial charge in [-0.15, -0.1) is 0 Å². The minimum atomic E-state index is 0.763. The number of likely N-dealkylation sites (tertiary alicyclic amines) is 2. The second kappa shape index (κ2) is 5.13. The lowest BCUT2D eigenvalue weighted by molar-refractivity contribution is -0.0503. The fourth-order valence-electron chi connectivity index (χ4n) is 4.34. The molecule has 2 aliphatic heterocycles. The largest absolute Gasteiger partial charge is 0.304 e. The van der Waals surface area contributed by atoms with Gasteiger partial charge in [0, 0.05) is 6.04 Å². The molecule has 0 unspecified atom stereocenters. The molecule has 0 aromatic rings. The first kappa shape index (κ1) is 12.9. The van der Waals surface area contributed by atoms with Crippen LogP contribution >= 0.6 is 0 Å². The molecule has 0 bridgehead atoms. The summed E-state index contributed by atoms with van der Waals surface area (Å²) >= 11 is 0. The van der Waals surface area contributed by atoms with Crippen molar-refractivity contribution in [2.75, 3.05) is 32.7 Å². The number of hydrogen-bond donors (Lipinski definition) is 0. The van der Waals surface area contributed by atoms with Crippen molar-refractivity contribution in [1.29, 1.82) is 0 Å². The standard InChI is InChI=1S/C16H30N2/c1-3-17-10-6-16(7-11-17)12-15(13-16)18-8-4-14(2)5-9-18/h14-15H,3-13H2,1-2H3. The van der Waals surface area contributed by atoms with Gasteiger partial charge in [-0.2, -0.15) is 0 Å². The van der Waals surface area contributed by atoms with Gasteiger partial charge >= 0.3 is 0 Å². The molecule has 3 rings (SSSR count). The van der Waals surface area contributed by atoms with Gasteiger partial charge in [-0.1, -0.05) is 13.8 Å². The van der Waals surface area contributed by atoms with Crippen molar-refractivity contribution in [3.8, 4) is 0 Å². The Bertz CT molecular complexity index is 265. The lowest BCUT2D eigenvalue weighted by atomic mass is 9.59. The van der Waals surface area contributed by atoms with Crippen LogP contribution in [0.1, 0.15) is 52.4 Å². The summed E-state index contributed by atoms with van der Waals surface area (Å²) in [6.45, 7) is 11.5. The van der Waals surface area contributed by atoms with E-state index in [9.17, 15) is 0 Å². The van der Waals surface area contributed by atoms with E-state index in [2.05, 4.69) is 23.6 Å². The van der Waals surface area contributed by atoms with Crippen molar-refractivity contribution in [2.24, 2.45) is 11.3 Å². The normalized spacial score (nSPS) is 31.7. The van der Waals surface area contributed by atoms with Gasteiger partial charge in [-0.25, -0.2) is 0 Å². The van der Waals surface area contributed by atoms with E-state index in [-0.39, 0.29) is 0 Å². The maximum absolute atomic E-state index is 2.80. The van der Waals surface area contributed by atoms with Gasteiger partial charge in [0.05, 0.1) is 0 Å². The Kier molecular flexibility index (Phi) is 3.68. The summed E-state index contributed by atoms with van der Waals surface area (Å²) in [7, 11) is 0. The molecule has 3 aliphatic rings. The fourth-order valence-corrected chi connectivity index (χ4v) is 4.34. The number of rotatable bonds is 2. The molecule has 0 radical (unpaired) electrons. The summed E-state index contributed by atoms with van der Waals surface area (Å²) in [4.78, 5) is 5.43. The highest BCUT2D eigenvalue weighted by Crippen LogP contribution is 2.51. The third-order valence-corrected chi connectivity index (χ3v) is 6.04. The molecule has 0 aromatic heterocycles. The molecule has 2 heteroatoms. The van der Waals surface area contributed by atoms with Gasteiger partial charge in [-0.3, -0.25) is 0 Å². The lowest BCUT2D eigenvalue weighted by Crippen LogP contribution is -2.56. The summed E-state index contributed by atoms with van der Waals surface area (Å²) in [6.07, 6.45) is 8.85. The van der Waals surface area contributed by atoms with Crippen LogP contribution in [0.3, 0.4) is 0 Å². The van der Waals surface area contributed by atoms with Gasteiger partial charge < -0.3 is 9.80 Å². The molecular formula is C16H30N2. The van der Waals surface area contributed by atoms with Crippen molar-refractivity contribution < 1.29 is 0 Å². The number of piperidine rings is 2. The van der Waals surface area contributed by atoms with Crippen molar-refractivity contribution in [3.63, 3.8) is 0 Å². The summed E-state index contributed by atoms with van der Waals surface area (Å²) in [5.74, 6) is 0.975. The summed E-state index contributed by atoms with van der Waals surface area (Å²) in [5.41, 5.74) is 0.763. The van der Waals surface area contributed by atoms with Crippen molar-refractivity contribution in [1.82, 2.24) is 9.80 Å². The van der Waals surface area contributed by atoms with E-state index in [1.165, 1.54) is 71.2 Å². The lowest BCUT2D eigenvalue weighted by Gasteiger charge is -2.56. The first-order valence-electron chi connectivity index (χ1n) is 8.17. The predicted molar refractivity (Wildman–Crippen MR) is 76.8 cm³/mol. The van der Waals surface area contributed by atoms with Gasteiger partial charge in [0.15, 0.2) is 0 Å². The topological polar surface area (TPSA) is 6.48 Å². The highest BCUT2D eigenvalue weighted by Gasteiger charge is 2.47. The van der Waals surface area contributed by atoms with Gasteiger partial charge in [0.1, 0.15) is 0 Å². The van der Waals surface area contributed by atoms with Crippen LogP contribution in [-0.2, 0) is 0 Å². The van der Waals surface area contributed by atoms with E-state index in [4.69, 9.17) is 0 Å². The molecule has 2 heterocycles. The molecule has 1 aliphatic carbocycles. The van der Waals surface area contributed by atoms with Gasteiger partial charge in [-0.05, 0) is 82.6 Å². The van der Waals surface area contributed by atoms with E-state index in [0.717, 1.165) is 17.4 Å². The molecule has 1 spiro atoms. The quantitative estimate of drug-likeness (QED) is 0.743. The van der Waals surface area contributed by atoms with Crippen LogP contribution in [0.5, 0.6) is 0 Å². The van der Waals surface area contributed by atoms with Crippen LogP contribution in [0.25, 0.3) is 0 Å². The molecule has 3 fully saturated rings. The molecule has 104 valence electrons. The maximum atomic E-state index is 2.80. The Balaban J connectivity index is 1.45. The van der Waals surface area contributed by atoms with E-state index >= 15 is 0 Å². The van der Waals surface area contributed by atoms with Crippen molar-refractivity contribution >= 4 is 0 Å². The van der Waals surface area contributed by atoms with Gasteiger partial charge in [0.2, 0.25) is 0 Å². The third-order valence-electron chi connectivity index (χ3n) is 6.04. The minimum Gasteiger partial charge on any atom is -0.304 e. The van der Waals surface area contributed by atoms with Crippen molar-refractivity contribution in [3.05, 3.63) is 0 Å². The Morgan fingerprint density at radius 1 is 1.00 bits per heavy atom. The SMILES string of the molecule is CCN1CCC2(CC1)CC(N1CCC(C)CC1)C2. The van der Waals surface area contributed by atoms with E-state index in [0.29, 0.717) is 0 Å². The highest BCUT2D eigenvalue weighted by atomic mass is 15.2. The average molecular weight is 250 g/mol. The smallest absolute Gasteiger partial charge is 0.0106 e. The summed E-state index contributed by atoms with van der Waals surface area (Å²) in [6, 6.07) is 0.950. The van der Waals surface area contributed by atoms with Crippen molar-refractivity contribution in [2.45, 2.75) is 58.4 Å². The van der Waals surface area contributed by atoms with Crippen LogP contribution in [0.2, 0.25) is 0 Å². The predicted octanol–water partition coefficient (Wildman–Crippen LogP) is 2.98. The first-order valence-corrected chi connectivity index (χ1v) is 8.17. The Morgan fingerprint density at radius 3 is 2.17 bits per heavy atom. The molecule has 1 saturated carbocycles. The van der Waals surface area contributed by atoms with Crippen LogP contribution < -0.4 is 0 Å². The zero-order chi connectivity index (χ0) is 12.6. The van der Waals surface area contributed by atoms with E-state index in [1.807, 2.05) is 0 Å². The average Bonchev–Trinajstić information content (AvgIpc) is 2.37. The molecule has 18 heavy (non-hydrogen) atoms. The van der Waals surface area contributed by atoms with Crippen LogP contribution in [0.15, 0.2) is 0 Å². The van der Waals surface area contributed by atoms with Crippen LogP contribution in [0, 0.1) is 11.3 Å². The molecule has 0 atom stereocenters. The number of nitrogens with zero attached hydrogens (tertiary/aromatic N) is 2. The Labute approximate surface area is 113 Å². The summed E-state index contributed by atoms with van der Waals surface area (Å²) in [5, 5.41) is 0. The zero-order valence-corrected chi connectivity index (χ0v) is 12.3.